The summed E-state index contributed by atoms with van der Waals surface area (Å²) >= 11 is 1.37. The van der Waals surface area contributed by atoms with Gasteiger partial charge in [-0.15, -0.1) is 11.8 Å². The van der Waals surface area contributed by atoms with Gasteiger partial charge in [0, 0.05) is 36.5 Å². The number of nitrogens with one attached hydrogen (secondary N) is 2. The van der Waals surface area contributed by atoms with Crippen molar-refractivity contribution >= 4 is 53.2 Å². The molecule has 2 fully saturated rings. The van der Waals surface area contributed by atoms with Crippen LogP contribution in [0.15, 0.2) is 108 Å². The first kappa shape index (κ1) is 42.7. The van der Waals surface area contributed by atoms with Crippen LogP contribution in [0.25, 0.3) is 0 Å². The molecule has 2 atom stereocenters. The van der Waals surface area contributed by atoms with Gasteiger partial charge in [-0.25, -0.2) is 9.59 Å². The average molecular weight is 823 g/mol. The molecule has 59 heavy (non-hydrogen) atoms. The van der Waals surface area contributed by atoms with Crippen molar-refractivity contribution in [2.75, 3.05) is 17.6 Å². The van der Waals surface area contributed by atoms with Crippen LogP contribution in [0.3, 0.4) is 0 Å². The van der Waals surface area contributed by atoms with Gasteiger partial charge in [0.2, 0.25) is 11.8 Å². The molecule has 0 bridgehead atoms. The van der Waals surface area contributed by atoms with Crippen molar-refractivity contribution in [2.45, 2.75) is 96.1 Å². The number of thioether (sulfide) groups is 1. The molecule has 3 heterocycles. The van der Waals surface area contributed by atoms with Crippen LogP contribution in [-0.2, 0) is 44.7 Å². The minimum atomic E-state index is -0.925. The minimum absolute atomic E-state index is 0.0147. The maximum atomic E-state index is 14.4. The van der Waals surface area contributed by atoms with E-state index in [2.05, 4.69) is 10.6 Å². The maximum Gasteiger partial charge on any atom is 0.408 e. The Labute approximate surface area is 348 Å². The maximum absolute atomic E-state index is 14.4. The van der Waals surface area contributed by atoms with Crippen molar-refractivity contribution in [3.8, 4) is 0 Å². The zero-order valence-electron chi connectivity index (χ0n) is 34.1. The molecule has 2 saturated heterocycles. The summed E-state index contributed by atoms with van der Waals surface area (Å²) in [7, 11) is 0. The highest BCUT2D eigenvalue weighted by Crippen LogP contribution is 2.43. The number of amides is 4. The van der Waals surface area contributed by atoms with Crippen molar-refractivity contribution < 1.29 is 43.0 Å². The number of fused-ring (bicyclic) bond motifs is 1. The first-order valence-electron chi connectivity index (χ1n) is 19.5. The van der Waals surface area contributed by atoms with E-state index in [0.29, 0.717) is 36.3 Å². The molecule has 0 radical (unpaired) electrons. The van der Waals surface area contributed by atoms with Crippen LogP contribution < -0.4 is 10.6 Å². The number of allylic oxidation sites excluding steroid dienone is 1. The number of carbonyl (C=O) groups is 6. The van der Waals surface area contributed by atoms with Gasteiger partial charge in [0.15, 0.2) is 6.10 Å². The highest BCUT2D eigenvalue weighted by atomic mass is 32.2. The lowest BCUT2D eigenvalue weighted by atomic mass is 10.00. The van der Waals surface area contributed by atoms with E-state index < -0.39 is 52.7 Å². The minimum Gasteiger partial charge on any atom is -0.460 e. The van der Waals surface area contributed by atoms with Crippen LogP contribution in [0.4, 0.5) is 10.5 Å². The summed E-state index contributed by atoms with van der Waals surface area (Å²) in [5.74, 6) is -1.92. The summed E-state index contributed by atoms with van der Waals surface area (Å²) in [6.45, 7) is 11.2. The van der Waals surface area contributed by atoms with Crippen LogP contribution in [0.2, 0.25) is 0 Å². The largest absolute Gasteiger partial charge is 0.460 e. The number of hydrogen-bond acceptors (Lipinski definition) is 10. The highest BCUT2D eigenvalue weighted by Gasteiger charge is 2.55. The van der Waals surface area contributed by atoms with Gasteiger partial charge in [0.1, 0.15) is 28.3 Å². The fourth-order valence-corrected chi connectivity index (χ4v) is 8.14. The molecular weight excluding hydrogens is 773 g/mol. The zero-order valence-corrected chi connectivity index (χ0v) is 34.9. The van der Waals surface area contributed by atoms with Gasteiger partial charge in [-0.2, -0.15) is 0 Å². The number of rotatable bonds is 12. The van der Waals surface area contributed by atoms with E-state index in [1.165, 1.54) is 16.7 Å². The van der Waals surface area contributed by atoms with Crippen molar-refractivity contribution in [1.82, 2.24) is 15.1 Å². The number of esters is 2. The number of likely N-dealkylation sites (tertiary alicyclic amines) is 1. The number of alkyl carbamates (subject to hydrolysis) is 1. The Morgan fingerprint density at radius 3 is 2.03 bits per heavy atom. The van der Waals surface area contributed by atoms with Gasteiger partial charge >= 0.3 is 18.0 Å². The monoisotopic (exact) mass is 822 g/mol. The molecular formula is C45H50N4O9S. The molecule has 13 nitrogen and oxygen atoms in total. The summed E-state index contributed by atoms with van der Waals surface area (Å²) < 4.78 is 16.9. The third kappa shape index (κ3) is 11.0. The molecule has 3 aliphatic rings. The van der Waals surface area contributed by atoms with Crippen molar-refractivity contribution in [3.05, 3.63) is 125 Å². The first-order chi connectivity index (χ1) is 28.0. The van der Waals surface area contributed by atoms with Gasteiger partial charge in [0.05, 0.1) is 6.42 Å². The fourth-order valence-electron chi connectivity index (χ4n) is 6.83. The van der Waals surface area contributed by atoms with E-state index in [-0.39, 0.29) is 36.1 Å². The summed E-state index contributed by atoms with van der Waals surface area (Å²) in [4.78, 5) is 82.2. The van der Waals surface area contributed by atoms with E-state index in [9.17, 15) is 28.8 Å². The van der Waals surface area contributed by atoms with Gasteiger partial charge < -0.3 is 29.7 Å². The average Bonchev–Trinajstić information content (AvgIpc) is 3.52. The molecule has 0 saturated carbocycles. The Hall–Kier alpha value is -5.89. The van der Waals surface area contributed by atoms with E-state index in [0.717, 1.165) is 16.7 Å². The summed E-state index contributed by atoms with van der Waals surface area (Å²) in [5.41, 5.74) is 2.46. The lowest BCUT2D eigenvalue weighted by Gasteiger charge is -2.49. The Morgan fingerprint density at radius 1 is 0.831 bits per heavy atom. The molecule has 3 aromatic carbocycles. The molecule has 3 aliphatic heterocycles. The number of anilines is 1. The Kier molecular flexibility index (Phi) is 13.0. The summed E-state index contributed by atoms with van der Waals surface area (Å²) in [6, 6.07) is 24.8. The molecule has 310 valence electrons. The normalized spacial score (nSPS) is 18.7. The Bertz CT molecular complexity index is 2100. The second-order valence-corrected chi connectivity index (χ2v) is 17.6. The molecule has 0 aromatic heterocycles. The number of β-lactam (4-membered cyclic amide) rings is 1. The topological polar surface area (TPSA) is 161 Å². The molecule has 3 aromatic rings. The second-order valence-electron chi connectivity index (χ2n) is 16.5. The van der Waals surface area contributed by atoms with Crippen molar-refractivity contribution in [1.29, 1.82) is 0 Å². The van der Waals surface area contributed by atoms with E-state index in [1.807, 2.05) is 72.8 Å². The number of nitrogens with zero attached hydrogens (tertiary/aromatic N) is 2. The summed E-state index contributed by atoms with van der Waals surface area (Å²) in [5, 5.41) is 4.85. The third-order valence-electron chi connectivity index (χ3n) is 9.44. The number of benzene rings is 3. The molecule has 0 spiro atoms. The molecule has 0 unspecified atom stereocenters. The molecule has 0 aliphatic carbocycles. The van der Waals surface area contributed by atoms with Gasteiger partial charge in [-0.1, -0.05) is 72.8 Å². The lowest BCUT2D eigenvalue weighted by Crippen LogP contribution is -2.70. The number of carbonyl (C=O) groups excluding carboxylic acids is 6. The van der Waals surface area contributed by atoms with E-state index in [1.54, 1.807) is 64.7 Å². The van der Waals surface area contributed by atoms with Crippen LogP contribution in [0.1, 0.15) is 83.6 Å². The van der Waals surface area contributed by atoms with E-state index >= 15 is 0 Å². The number of hydrogen-bond donors (Lipinski definition) is 2. The predicted molar refractivity (Wildman–Crippen MR) is 222 cm³/mol. The Balaban J connectivity index is 1.19. The molecule has 4 amide bonds. The van der Waals surface area contributed by atoms with Crippen LogP contribution in [-0.4, -0.2) is 80.5 Å². The smallest absolute Gasteiger partial charge is 0.408 e. The molecule has 14 heteroatoms. The Morgan fingerprint density at radius 2 is 1.44 bits per heavy atom. The van der Waals surface area contributed by atoms with Gasteiger partial charge in [-0.3, -0.25) is 24.1 Å². The number of ether oxygens (including phenoxy) is 3. The van der Waals surface area contributed by atoms with Crippen LogP contribution >= 0.6 is 11.8 Å². The van der Waals surface area contributed by atoms with Crippen LogP contribution in [0, 0.1) is 0 Å². The fraction of sp³-hybridized carbons (Fsp3) is 0.378. The molecule has 2 N–H and O–H groups in total. The predicted octanol–water partition coefficient (Wildman–Crippen LogP) is 6.80. The third-order valence-corrected chi connectivity index (χ3v) is 10.7. The summed E-state index contributed by atoms with van der Waals surface area (Å²) in [6.07, 6.45) is 0.537. The van der Waals surface area contributed by atoms with Gasteiger partial charge in [0.25, 0.3) is 5.91 Å². The standard InChI is InChI=1S/C45H50N4O9S/c1-44(2,3)57-35(51)22-21-34(50)46-33-19-17-28(18-20-33)26-48-24-23-31(39(48)52)25-32-27-59-41-36(47-43(55)58-45(4,5)6)40(53)49(41)37(32)42(54)56-38(29-13-9-7-10-14-29)30-15-11-8-12-16-30/h7-20,25,36,38,41H,21-24,26-27H2,1-6H3,(H,46,50)(H,47,55)/b31-25+/t36-,41-/m1/s1. The lowest BCUT2D eigenvalue weighted by molar-refractivity contribution is -0.155. The highest BCUT2D eigenvalue weighted by molar-refractivity contribution is 8.00. The zero-order chi connectivity index (χ0) is 42.5. The molecule has 6 rings (SSSR count). The first-order valence-corrected chi connectivity index (χ1v) is 20.6. The second kappa shape index (κ2) is 17.9. The van der Waals surface area contributed by atoms with E-state index in [4.69, 9.17) is 14.2 Å². The quantitative estimate of drug-likeness (QED) is 0.0861. The van der Waals surface area contributed by atoms with Crippen molar-refractivity contribution in [2.24, 2.45) is 0 Å². The van der Waals surface area contributed by atoms with Crippen molar-refractivity contribution in [3.63, 3.8) is 0 Å². The van der Waals surface area contributed by atoms with Gasteiger partial charge in [-0.05, 0) is 88.4 Å². The van der Waals surface area contributed by atoms with Crippen LogP contribution in [0.5, 0.6) is 0 Å². The SMILES string of the molecule is CC(C)(C)OC(=O)CCC(=O)Nc1ccc(CN2CC/C(=C\C3=C(C(=O)OC(c4ccccc4)c4ccccc4)N4C(=O)[C@@H](NC(=O)OC(C)(C)C)[C@H]4SC3)C2=O)cc1.